The van der Waals surface area contributed by atoms with E-state index < -0.39 is 11.7 Å². The molecule has 2 N–H and O–H groups in total. The molecule has 1 aliphatic rings. The number of alkyl halides is 2. The summed E-state index contributed by atoms with van der Waals surface area (Å²) in [5.41, 5.74) is 3.86. The molecule has 0 spiro atoms. The minimum atomic E-state index is -2.73. The van der Waals surface area contributed by atoms with Crippen molar-refractivity contribution in [3.05, 3.63) is 41.8 Å². The fourth-order valence-electron chi connectivity index (χ4n) is 3.95. The first-order valence-corrected chi connectivity index (χ1v) is 12.2. The number of aryl methyl sites for hydroxylation is 1. The zero-order valence-corrected chi connectivity index (χ0v) is 19.6. The lowest BCUT2D eigenvalue weighted by molar-refractivity contribution is 0.0194. The monoisotopic (exact) mass is 475 g/mol. The Morgan fingerprint density at radius 1 is 1.12 bits per heavy atom. The summed E-state index contributed by atoms with van der Waals surface area (Å²) in [5, 5.41) is 3.44. The van der Waals surface area contributed by atoms with Gasteiger partial charge in [-0.1, -0.05) is 37.3 Å². The van der Waals surface area contributed by atoms with Crippen molar-refractivity contribution in [2.75, 3.05) is 15.8 Å². The van der Waals surface area contributed by atoms with E-state index in [0.717, 1.165) is 42.8 Å². The maximum Gasteiger partial charge on any atom is 0.246 e. The molecule has 0 bridgehead atoms. The van der Waals surface area contributed by atoms with Gasteiger partial charge in [0.2, 0.25) is 11.9 Å². The van der Waals surface area contributed by atoms with E-state index in [1.807, 2.05) is 13.0 Å². The number of anilines is 2. The smallest absolute Gasteiger partial charge is 0.246 e. The molecule has 1 fully saturated rings. The van der Waals surface area contributed by atoms with Gasteiger partial charge in [-0.05, 0) is 50.5 Å². The van der Waals surface area contributed by atoms with Gasteiger partial charge in [0, 0.05) is 23.8 Å². The van der Waals surface area contributed by atoms with Crippen molar-refractivity contribution in [3.8, 4) is 11.3 Å². The summed E-state index contributed by atoms with van der Waals surface area (Å²) in [4.78, 5) is 13.8. The van der Waals surface area contributed by atoms with Crippen molar-refractivity contribution in [1.29, 1.82) is 0 Å². The molecule has 2 heterocycles. The molecule has 0 radical (unpaired) electrons. The average molecular weight is 476 g/mol. The number of benzene rings is 1. The van der Waals surface area contributed by atoms with Gasteiger partial charge in [-0.25, -0.2) is 28.1 Å². The highest BCUT2D eigenvalue weighted by Gasteiger charge is 2.20. The Kier molecular flexibility index (Phi) is 7.26. The number of fused-ring (bicyclic) bond motifs is 1. The molecule has 0 atom stereocenters. The molecule has 2 aromatic heterocycles. The maximum absolute atomic E-state index is 14.6. The van der Waals surface area contributed by atoms with Crippen LogP contribution in [0.1, 0.15) is 51.0 Å². The van der Waals surface area contributed by atoms with Crippen LogP contribution in [-0.4, -0.2) is 32.7 Å². The second-order valence-electron chi connectivity index (χ2n) is 8.70. The maximum atomic E-state index is 14.6. The van der Waals surface area contributed by atoms with Crippen LogP contribution in [0.5, 0.6) is 0 Å². The third-order valence-electron chi connectivity index (χ3n) is 5.77. The van der Waals surface area contributed by atoms with E-state index >= 15 is 0 Å². The first-order chi connectivity index (χ1) is 15.8. The summed E-state index contributed by atoms with van der Waals surface area (Å²) in [6.07, 6.45) is 7.45. The summed E-state index contributed by atoms with van der Waals surface area (Å²) in [6.45, 7) is 2.83. The fourth-order valence-corrected chi connectivity index (χ4v) is 4.83. The number of hydrogen-bond acceptors (Lipinski definition) is 6. The number of nitrogens with zero attached hydrogens (tertiary/aromatic N) is 3. The number of pyridine rings is 1. The van der Waals surface area contributed by atoms with E-state index in [1.54, 1.807) is 18.3 Å². The molecule has 0 aliphatic heterocycles. The van der Waals surface area contributed by atoms with Crippen LogP contribution in [-0.2, 0) is 0 Å². The number of aromatic nitrogens is 3. The molecule has 1 aliphatic carbocycles. The van der Waals surface area contributed by atoms with E-state index in [-0.39, 0.29) is 17.9 Å². The molecule has 33 heavy (non-hydrogen) atoms. The van der Waals surface area contributed by atoms with Gasteiger partial charge in [-0.3, -0.25) is 0 Å². The van der Waals surface area contributed by atoms with Crippen LogP contribution in [0.2, 0.25) is 0 Å². The summed E-state index contributed by atoms with van der Waals surface area (Å²) in [7, 11) is 0. The van der Waals surface area contributed by atoms with Crippen LogP contribution < -0.4 is 10.0 Å². The van der Waals surface area contributed by atoms with Crippen LogP contribution in [0.15, 0.2) is 30.5 Å². The van der Waals surface area contributed by atoms with Crippen LogP contribution in [0.3, 0.4) is 0 Å². The molecule has 1 aromatic carbocycles. The SMILES string of the molecule is Cc1cc(-c2ccc(NSCCC(C)(F)F)c(F)c2)nc2cnc(NC3CCCCC3)nc12. The summed E-state index contributed by atoms with van der Waals surface area (Å²) in [5.74, 6) is -2.40. The summed E-state index contributed by atoms with van der Waals surface area (Å²) >= 11 is 1.06. The Bertz CT molecular complexity index is 1110. The molecule has 0 unspecified atom stereocenters. The lowest BCUT2D eigenvalue weighted by Gasteiger charge is -2.22. The Morgan fingerprint density at radius 3 is 2.64 bits per heavy atom. The Labute approximate surface area is 196 Å². The fraction of sp³-hybridized carbons (Fsp3) is 0.458. The standard InChI is InChI=1S/C24H28F3N5S/c1-15-12-20(16-8-9-19(18(25)13-16)32-33-11-10-24(2,26)27)30-21-14-28-23(31-22(15)21)29-17-6-4-3-5-7-17/h8-9,12-14,17,32H,3-7,10-11H2,1-2H3,(H,28,29,31). The largest absolute Gasteiger partial charge is 0.351 e. The van der Waals surface area contributed by atoms with Crippen molar-refractivity contribution in [3.63, 3.8) is 0 Å². The van der Waals surface area contributed by atoms with E-state index in [4.69, 9.17) is 0 Å². The number of rotatable bonds is 8. The van der Waals surface area contributed by atoms with Crippen molar-refractivity contribution in [1.82, 2.24) is 15.0 Å². The van der Waals surface area contributed by atoms with Gasteiger partial charge in [0.05, 0.1) is 23.1 Å². The molecule has 176 valence electrons. The van der Waals surface area contributed by atoms with Crippen molar-refractivity contribution in [2.45, 2.75) is 64.3 Å². The lowest BCUT2D eigenvalue weighted by Crippen LogP contribution is -2.23. The summed E-state index contributed by atoms with van der Waals surface area (Å²) < 4.78 is 43.2. The highest BCUT2D eigenvalue weighted by Crippen LogP contribution is 2.29. The minimum absolute atomic E-state index is 0.174. The summed E-state index contributed by atoms with van der Waals surface area (Å²) in [6, 6.07) is 7.05. The number of hydrogen-bond donors (Lipinski definition) is 2. The first-order valence-electron chi connectivity index (χ1n) is 11.2. The van der Waals surface area contributed by atoms with Gasteiger partial charge in [0.15, 0.2) is 0 Å². The van der Waals surface area contributed by atoms with Crippen LogP contribution in [0, 0.1) is 12.7 Å². The Balaban J connectivity index is 1.48. The molecule has 3 aromatic rings. The Morgan fingerprint density at radius 2 is 1.91 bits per heavy atom. The quantitative estimate of drug-likeness (QED) is 0.270. The van der Waals surface area contributed by atoms with Crippen LogP contribution in [0.4, 0.5) is 24.8 Å². The average Bonchev–Trinajstić information content (AvgIpc) is 2.78. The third-order valence-corrected chi connectivity index (χ3v) is 6.54. The molecule has 4 rings (SSSR count). The molecule has 0 saturated heterocycles. The van der Waals surface area contributed by atoms with E-state index in [0.29, 0.717) is 28.8 Å². The minimum Gasteiger partial charge on any atom is -0.351 e. The van der Waals surface area contributed by atoms with Crippen molar-refractivity contribution < 1.29 is 13.2 Å². The van der Waals surface area contributed by atoms with Gasteiger partial charge >= 0.3 is 0 Å². The van der Waals surface area contributed by atoms with Gasteiger partial charge in [-0.2, -0.15) is 0 Å². The normalized spacial score (nSPS) is 15.1. The highest BCUT2D eigenvalue weighted by molar-refractivity contribution is 8.00. The molecular weight excluding hydrogens is 447 g/mol. The van der Waals surface area contributed by atoms with Crippen molar-refractivity contribution >= 4 is 34.6 Å². The lowest BCUT2D eigenvalue weighted by atomic mass is 9.96. The zero-order chi connectivity index (χ0) is 23.4. The topological polar surface area (TPSA) is 62.7 Å². The second kappa shape index (κ2) is 10.2. The van der Waals surface area contributed by atoms with Gasteiger partial charge in [0.1, 0.15) is 11.3 Å². The predicted octanol–water partition coefficient (Wildman–Crippen LogP) is 6.99. The molecule has 9 heteroatoms. The number of halogens is 3. The molecule has 1 saturated carbocycles. The van der Waals surface area contributed by atoms with Gasteiger partial charge < -0.3 is 10.0 Å². The predicted molar refractivity (Wildman–Crippen MR) is 129 cm³/mol. The third kappa shape index (κ3) is 6.28. The second-order valence-corrected chi connectivity index (χ2v) is 9.60. The van der Waals surface area contributed by atoms with Gasteiger partial charge in [0.25, 0.3) is 0 Å². The van der Waals surface area contributed by atoms with E-state index in [2.05, 4.69) is 25.0 Å². The highest BCUT2D eigenvalue weighted by atomic mass is 32.2. The van der Waals surface area contributed by atoms with Crippen LogP contribution >= 0.6 is 11.9 Å². The number of nitrogens with one attached hydrogen (secondary N) is 2. The van der Waals surface area contributed by atoms with E-state index in [9.17, 15) is 13.2 Å². The van der Waals surface area contributed by atoms with Crippen molar-refractivity contribution in [2.24, 2.45) is 0 Å². The van der Waals surface area contributed by atoms with Crippen LogP contribution in [0.25, 0.3) is 22.3 Å². The van der Waals surface area contributed by atoms with E-state index in [1.165, 1.54) is 25.3 Å². The zero-order valence-electron chi connectivity index (χ0n) is 18.8. The molecular formula is C24H28F3N5S. The Hall–Kier alpha value is -2.55. The van der Waals surface area contributed by atoms with Gasteiger partial charge in [-0.15, -0.1) is 0 Å². The molecule has 0 amide bonds. The molecule has 5 nitrogen and oxygen atoms in total. The first kappa shape index (κ1) is 23.6.